The zero-order valence-corrected chi connectivity index (χ0v) is 11.1. The van der Waals surface area contributed by atoms with Gasteiger partial charge in [-0.3, -0.25) is 4.79 Å². The molecule has 3 nitrogen and oxygen atoms in total. The molecule has 3 heteroatoms. The molecule has 0 atom stereocenters. The Morgan fingerprint density at radius 3 is 2.83 bits per heavy atom. The van der Waals surface area contributed by atoms with Crippen LogP contribution in [0.5, 0.6) is 5.75 Å². The molecule has 0 saturated heterocycles. The van der Waals surface area contributed by atoms with Crippen LogP contribution in [0.15, 0.2) is 18.2 Å². The fourth-order valence-corrected chi connectivity index (χ4v) is 1.48. The van der Waals surface area contributed by atoms with E-state index in [1.165, 1.54) is 5.56 Å². The number of nitrogens with one attached hydrogen (secondary N) is 1. The molecule has 0 unspecified atom stereocenters. The molecule has 96 valence electrons. The van der Waals surface area contributed by atoms with Crippen molar-refractivity contribution in [3.63, 3.8) is 0 Å². The first-order valence-electron chi connectivity index (χ1n) is 5.98. The van der Waals surface area contributed by atoms with Crippen LogP contribution in [0.3, 0.4) is 0 Å². The van der Waals surface area contributed by atoms with Gasteiger partial charge in [-0.15, -0.1) is 6.42 Å². The van der Waals surface area contributed by atoms with E-state index in [9.17, 15) is 4.79 Å². The van der Waals surface area contributed by atoms with Gasteiger partial charge in [-0.25, -0.2) is 0 Å². The molecular weight excluding hydrogens is 226 g/mol. The Bertz CT molecular complexity index is 458. The Balaban J connectivity index is 2.64. The highest BCUT2D eigenvalue weighted by atomic mass is 16.5. The van der Waals surface area contributed by atoms with Gasteiger partial charge in [0.2, 0.25) is 0 Å². The van der Waals surface area contributed by atoms with Gasteiger partial charge in [0.05, 0.1) is 6.54 Å². The lowest BCUT2D eigenvalue weighted by molar-refractivity contribution is -0.122. The molecule has 0 aliphatic carbocycles. The third kappa shape index (κ3) is 4.14. The summed E-state index contributed by atoms with van der Waals surface area (Å²) in [4.78, 5) is 11.4. The molecule has 1 aromatic rings. The predicted molar refractivity (Wildman–Crippen MR) is 72.6 cm³/mol. The average molecular weight is 245 g/mol. The molecule has 0 aliphatic rings. The molecule has 0 aliphatic heterocycles. The second-order valence-corrected chi connectivity index (χ2v) is 4.45. The Kier molecular flexibility index (Phi) is 5.26. The first-order valence-corrected chi connectivity index (χ1v) is 5.98. The highest BCUT2D eigenvalue weighted by Gasteiger charge is 2.07. The first kappa shape index (κ1) is 14.1. The summed E-state index contributed by atoms with van der Waals surface area (Å²) in [5.74, 6) is 3.32. The molecule has 0 spiro atoms. The first-order chi connectivity index (χ1) is 8.54. The molecule has 0 heterocycles. The van der Waals surface area contributed by atoms with Gasteiger partial charge >= 0.3 is 0 Å². The van der Waals surface area contributed by atoms with E-state index in [2.05, 4.69) is 31.2 Å². The summed E-state index contributed by atoms with van der Waals surface area (Å²) in [5, 5.41) is 2.56. The van der Waals surface area contributed by atoms with Gasteiger partial charge in [-0.1, -0.05) is 31.9 Å². The number of rotatable bonds is 5. The van der Waals surface area contributed by atoms with E-state index in [-0.39, 0.29) is 19.1 Å². The van der Waals surface area contributed by atoms with Crippen molar-refractivity contribution in [3.8, 4) is 18.1 Å². The molecular formula is C15H19NO2. The molecule has 0 saturated carbocycles. The molecule has 0 aromatic heterocycles. The van der Waals surface area contributed by atoms with Gasteiger partial charge in [0.15, 0.2) is 6.61 Å². The Labute approximate surface area is 109 Å². The smallest absolute Gasteiger partial charge is 0.258 e. The second-order valence-electron chi connectivity index (χ2n) is 4.45. The number of amides is 1. The van der Waals surface area contributed by atoms with Crippen molar-refractivity contribution in [2.45, 2.75) is 26.7 Å². The maximum Gasteiger partial charge on any atom is 0.258 e. The summed E-state index contributed by atoms with van der Waals surface area (Å²) in [6.07, 6.45) is 5.06. The molecule has 1 amide bonds. The van der Waals surface area contributed by atoms with Crippen LogP contribution >= 0.6 is 0 Å². The number of benzene rings is 1. The minimum Gasteiger partial charge on any atom is -0.483 e. The summed E-state index contributed by atoms with van der Waals surface area (Å²) >= 11 is 0. The van der Waals surface area contributed by atoms with Crippen molar-refractivity contribution in [1.82, 2.24) is 5.32 Å². The number of ether oxygens (including phenoxy) is 1. The molecule has 1 rings (SSSR count). The van der Waals surface area contributed by atoms with Gasteiger partial charge in [-0.2, -0.15) is 0 Å². The third-order valence-electron chi connectivity index (χ3n) is 2.63. The summed E-state index contributed by atoms with van der Waals surface area (Å²) < 4.78 is 5.51. The number of hydrogen-bond acceptors (Lipinski definition) is 2. The van der Waals surface area contributed by atoms with Crippen LogP contribution in [0, 0.1) is 19.3 Å². The molecule has 1 N–H and O–H groups in total. The van der Waals surface area contributed by atoms with Crippen molar-refractivity contribution < 1.29 is 9.53 Å². The number of aryl methyl sites for hydroxylation is 1. The van der Waals surface area contributed by atoms with Gasteiger partial charge in [0, 0.05) is 0 Å². The van der Waals surface area contributed by atoms with Crippen LogP contribution < -0.4 is 10.1 Å². The monoisotopic (exact) mass is 245 g/mol. The fourth-order valence-electron chi connectivity index (χ4n) is 1.48. The number of carbonyl (C=O) groups excluding carboxylic acids is 1. The molecule has 0 radical (unpaired) electrons. The minimum atomic E-state index is -0.206. The Morgan fingerprint density at radius 2 is 2.22 bits per heavy atom. The van der Waals surface area contributed by atoms with Crippen molar-refractivity contribution in [2.24, 2.45) is 0 Å². The molecule has 0 bridgehead atoms. The van der Waals surface area contributed by atoms with Crippen molar-refractivity contribution in [1.29, 1.82) is 0 Å². The van der Waals surface area contributed by atoms with E-state index in [0.717, 1.165) is 11.3 Å². The summed E-state index contributed by atoms with van der Waals surface area (Å²) in [6, 6.07) is 6.06. The second kappa shape index (κ2) is 6.70. The minimum absolute atomic E-state index is 0.00985. The number of hydrogen-bond donors (Lipinski definition) is 1. The van der Waals surface area contributed by atoms with Gasteiger partial charge < -0.3 is 10.1 Å². The average Bonchev–Trinajstić information content (AvgIpc) is 2.35. The van der Waals surface area contributed by atoms with E-state index >= 15 is 0 Å². The van der Waals surface area contributed by atoms with Crippen LogP contribution in [0.2, 0.25) is 0 Å². The van der Waals surface area contributed by atoms with E-state index in [1.54, 1.807) is 0 Å². The maximum atomic E-state index is 11.4. The lowest BCUT2D eigenvalue weighted by Gasteiger charge is -2.12. The summed E-state index contributed by atoms with van der Waals surface area (Å²) in [6.45, 7) is 6.41. The SMILES string of the molecule is C#CCNC(=O)COc1cc(C(C)C)ccc1C. The Hall–Kier alpha value is -1.95. The lowest BCUT2D eigenvalue weighted by atomic mass is 10.0. The predicted octanol–water partition coefficient (Wildman–Crippen LogP) is 2.25. The maximum absolute atomic E-state index is 11.4. The lowest BCUT2D eigenvalue weighted by Crippen LogP contribution is -2.29. The van der Waals surface area contributed by atoms with Crippen molar-refractivity contribution in [3.05, 3.63) is 29.3 Å². The van der Waals surface area contributed by atoms with Gasteiger partial charge in [0.25, 0.3) is 5.91 Å². The van der Waals surface area contributed by atoms with Crippen LogP contribution in [0.4, 0.5) is 0 Å². The van der Waals surface area contributed by atoms with Crippen LogP contribution in [0.25, 0.3) is 0 Å². The topological polar surface area (TPSA) is 38.3 Å². The third-order valence-corrected chi connectivity index (χ3v) is 2.63. The van der Waals surface area contributed by atoms with E-state index in [4.69, 9.17) is 11.2 Å². The standard InChI is InChI=1S/C15H19NO2/c1-5-8-16-15(17)10-18-14-9-13(11(2)3)7-6-12(14)4/h1,6-7,9,11H,8,10H2,2-4H3,(H,16,17). The highest BCUT2D eigenvalue weighted by Crippen LogP contribution is 2.24. The molecule has 0 fully saturated rings. The van der Waals surface area contributed by atoms with E-state index in [0.29, 0.717) is 5.92 Å². The number of carbonyl (C=O) groups is 1. The van der Waals surface area contributed by atoms with E-state index in [1.807, 2.05) is 19.1 Å². The zero-order chi connectivity index (χ0) is 13.5. The Morgan fingerprint density at radius 1 is 1.50 bits per heavy atom. The summed E-state index contributed by atoms with van der Waals surface area (Å²) in [5.41, 5.74) is 2.21. The zero-order valence-electron chi connectivity index (χ0n) is 11.1. The molecule has 1 aromatic carbocycles. The summed E-state index contributed by atoms with van der Waals surface area (Å²) in [7, 11) is 0. The van der Waals surface area contributed by atoms with E-state index < -0.39 is 0 Å². The van der Waals surface area contributed by atoms with Crippen LogP contribution in [-0.2, 0) is 4.79 Å². The van der Waals surface area contributed by atoms with Crippen LogP contribution in [-0.4, -0.2) is 19.1 Å². The fraction of sp³-hybridized carbons (Fsp3) is 0.400. The van der Waals surface area contributed by atoms with Crippen LogP contribution in [0.1, 0.15) is 30.9 Å². The quantitative estimate of drug-likeness (QED) is 0.808. The van der Waals surface area contributed by atoms with Crippen molar-refractivity contribution >= 4 is 5.91 Å². The highest BCUT2D eigenvalue weighted by molar-refractivity contribution is 5.77. The molecule has 18 heavy (non-hydrogen) atoms. The van der Waals surface area contributed by atoms with Crippen molar-refractivity contribution in [2.75, 3.05) is 13.2 Å². The van der Waals surface area contributed by atoms with Gasteiger partial charge in [-0.05, 0) is 30.0 Å². The normalized spacial score (nSPS) is 9.94. The van der Waals surface area contributed by atoms with Gasteiger partial charge in [0.1, 0.15) is 5.75 Å². The largest absolute Gasteiger partial charge is 0.483 e. The number of terminal acetylenes is 1.